The fourth-order valence-electron chi connectivity index (χ4n) is 2.69. The van der Waals surface area contributed by atoms with E-state index in [9.17, 15) is 0 Å². The first-order chi connectivity index (χ1) is 7.26. The molecule has 0 aliphatic heterocycles. The van der Waals surface area contributed by atoms with Gasteiger partial charge in [-0.3, -0.25) is 0 Å². The van der Waals surface area contributed by atoms with Gasteiger partial charge in [0.25, 0.3) is 0 Å². The van der Waals surface area contributed by atoms with Gasteiger partial charge in [0.15, 0.2) is 0 Å². The molecular formula is C15H20. The smallest absolute Gasteiger partial charge is 0.0155 e. The van der Waals surface area contributed by atoms with Crippen LogP contribution in [-0.2, 0) is 5.41 Å². The summed E-state index contributed by atoms with van der Waals surface area (Å²) in [6.45, 7) is 4.67. The van der Waals surface area contributed by atoms with E-state index in [0.29, 0.717) is 11.3 Å². The number of rotatable bonds is 2. The second-order valence-electron chi connectivity index (χ2n) is 4.86. The quantitative estimate of drug-likeness (QED) is 0.624. The molecule has 1 aliphatic rings. The highest BCUT2D eigenvalue weighted by Crippen LogP contribution is 2.41. The van der Waals surface area contributed by atoms with Crippen LogP contribution in [0.5, 0.6) is 0 Å². The average Bonchev–Trinajstić information content (AvgIpc) is 2.31. The van der Waals surface area contributed by atoms with Crippen LogP contribution in [0.2, 0.25) is 0 Å². The second-order valence-corrected chi connectivity index (χ2v) is 4.86. The van der Waals surface area contributed by atoms with Gasteiger partial charge in [-0.15, -0.1) is 0 Å². The minimum atomic E-state index is 0.291. The van der Waals surface area contributed by atoms with Gasteiger partial charge in [0, 0.05) is 5.41 Å². The molecule has 1 unspecified atom stereocenters. The van der Waals surface area contributed by atoms with E-state index in [4.69, 9.17) is 0 Å². The van der Waals surface area contributed by atoms with Gasteiger partial charge >= 0.3 is 0 Å². The van der Waals surface area contributed by atoms with Gasteiger partial charge in [0.05, 0.1) is 0 Å². The van der Waals surface area contributed by atoms with Crippen LogP contribution in [0.25, 0.3) is 0 Å². The molecule has 0 amide bonds. The first-order valence-corrected chi connectivity index (χ1v) is 5.99. The van der Waals surface area contributed by atoms with Crippen LogP contribution >= 0.6 is 0 Å². The Hall–Kier alpha value is -1.04. The zero-order valence-corrected chi connectivity index (χ0v) is 9.74. The van der Waals surface area contributed by atoms with Crippen molar-refractivity contribution in [3.63, 3.8) is 0 Å². The van der Waals surface area contributed by atoms with Crippen LogP contribution in [0.15, 0.2) is 42.5 Å². The maximum absolute atomic E-state index is 2.44. The molecule has 0 fully saturated rings. The van der Waals surface area contributed by atoms with E-state index >= 15 is 0 Å². The summed E-state index contributed by atoms with van der Waals surface area (Å²) in [7, 11) is 0. The largest absolute Gasteiger partial charge is 0.0876 e. The molecule has 0 N–H and O–H groups in total. The molecule has 1 atom stereocenters. The van der Waals surface area contributed by atoms with E-state index in [-0.39, 0.29) is 0 Å². The van der Waals surface area contributed by atoms with Crippen molar-refractivity contribution in [2.24, 2.45) is 5.92 Å². The molecule has 2 rings (SSSR count). The normalized spacial score (nSPS) is 25.8. The second kappa shape index (κ2) is 4.22. The predicted molar refractivity (Wildman–Crippen MR) is 65.9 cm³/mol. The molecule has 0 heteroatoms. The minimum Gasteiger partial charge on any atom is -0.0876 e. The van der Waals surface area contributed by atoms with Gasteiger partial charge in [-0.05, 0) is 30.7 Å². The van der Waals surface area contributed by atoms with E-state index in [1.54, 1.807) is 0 Å². The highest BCUT2D eigenvalue weighted by Gasteiger charge is 2.33. The molecular weight excluding hydrogens is 180 g/mol. The Morgan fingerprint density at radius 2 is 1.87 bits per heavy atom. The fraction of sp³-hybridized carbons (Fsp3) is 0.467. The Balaban J connectivity index is 2.43. The number of hydrogen-bond acceptors (Lipinski definition) is 0. The lowest BCUT2D eigenvalue weighted by atomic mass is 9.66. The van der Waals surface area contributed by atoms with E-state index in [0.717, 1.165) is 0 Å². The molecule has 0 bridgehead atoms. The molecule has 1 aliphatic carbocycles. The maximum atomic E-state index is 2.44. The highest BCUT2D eigenvalue weighted by molar-refractivity contribution is 5.32. The molecule has 0 nitrogen and oxygen atoms in total. The van der Waals surface area contributed by atoms with E-state index < -0.39 is 0 Å². The molecule has 0 aromatic heterocycles. The van der Waals surface area contributed by atoms with Gasteiger partial charge in [-0.1, -0.05) is 56.3 Å². The van der Waals surface area contributed by atoms with Gasteiger partial charge < -0.3 is 0 Å². The predicted octanol–water partition coefficient (Wildman–Crippen LogP) is 4.32. The lowest BCUT2D eigenvalue weighted by molar-refractivity contribution is 0.339. The highest BCUT2D eigenvalue weighted by atomic mass is 14.4. The summed E-state index contributed by atoms with van der Waals surface area (Å²) in [5, 5.41) is 0. The van der Waals surface area contributed by atoms with Crippen LogP contribution < -0.4 is 0 Å². The molecule has 1 aromatic rings. The van der Waals surface area contributed by atoms with E-state index in [1.165, 1.54) is 24.8 Å². The van der Waals surface area contributed by atoms with E-state index in [1.807, 2.05) is 0 Å². The number of benzene rings is 1. The minimum absolute atomic E-state index is 0.291. The summed E-state index contributed by atoms with van der Waals surface area (Å²) in [6, 6.07) is 11.0. The third-order valence-electron chi connectivity index (χ3n) is 3.72. The summed E-state index contributed by atoms with van der Waals surface area (Å²) in [6.07, 6.45) is 8.67. The van der Waals surface area contributed by atoms with Crippen molar-refractivity contribution < 1.29 is 0 Å². The molecule has 15 heavy (non-hydrogen) atoms. The van der Waals surface area contributed by atoms with Crippen LogP contribution in [0.4, 0.5) is 0 Å². The van der Waals surface area contributed by atoms with Crippen molar-refractivity contribution in [3.05, 3.63) is 48.0 Å². The Bertz CT molecular complexity index is 334. The summed E-state index contributed by atoms with van der Waals surface area (Å²) >= 11 is 0. The number of hydrogen-bond donors (Lipinski definition) is 0. The lowest BCUT2D eigenvalue weighted by Crippen LogP contribution is -2.31. The van der Waals surface area contributed by atoms with E-state index in [2.05, 4.69) is 56.3 Å². The summed E-state index contributed by atoms with van der Waals surface area (Å²) in [4.78, 5) is 0. The van der Waals surface area contributed by atoms with Crippen LogP contribution in [0, 0.1) is 5.92 Å². The third-order valence-corrected chi connectivity index (χ3v) is 3.72. The van der Waals surface area contributed by atoms with Gasteiger partial charge in [0.2, 0.25) is 0 Å². The van der Waals surface area contributed by atoms with Crippen molar-refractivity contribution >= 4 is 0 Å². The van der Waals surface area contributed by atoms with Crippen molar-refractivity contribution in [2.75, 3.05) is 0 Å². The fourth-order valence-corrected chi connectivity index (χ4v) is 2.69. The zero-order chi connectivity index (χ0) is 10.7. The lowest BCUT2D eigenvalue weighted by Gasteiger charge is -2.38. The maximum Gasteiger partial charge on any atom is 0.0155 e. The Morgan fingerprint density at radius 3 is 2.40 bits per heavy atom. The van der Waals surface area contributed by atoms with Crippen molar-refractivity contribution in [1.29, 1.82) is 0 Å². The first-order valence-electron chi connectivity index (χ1n) is 5.99. The van der Waals surface area contributed by atoms with Crippen LogP contribution in [-0.4, -0.2) is 0 Å². The molecule has 0 spiro atoms. The zero-order valence-electron chi connectivity index (χ0n) is 9.74. The molecule has 1 aromatic carbocycles. The molecule has 80 valence electrons. The Kier molecular flexibility index (Phi) is 2.95. The number of allylic oxidation sites excluding steroid dienone is 2. The molecule has 0 heterocycles. The Morgan fingerprint density at radius 1 is 1.13 bits per heavy atom. The monoisotopic (exact) mass is 200 g/mol. The van der Waals surface area contributed by atoms with Crippen LogP contribution in [0.3, 0.4) is 0 Å². The van der Waals surface area contributed by atoms with Gasteiger partial charge in [-0.2, -0.15) is 0 Å². The van der Waals surface area contributed by atoms with Crippen molar-refractivity contribution in [1.82, 2.24) is 0 Å². The average molecular weight is 200 g/mol. The Labute approximate surface area is 93.0 Å². The van der Waals surface area contributed by atoms with Crippen LogP contribution in [0.1, 0.15) is 38.7 Å². The van der Waals surface area contributed by atoms with Crippen molar-refractivity contribution in [2.45, 2.75) is 38.5 Å². The SMILES string of the molecule is CC(C)C1(c2ccccc2)C=CCCC1. The molecule has 0 radical (unpaired) electrons. The van der Waals surface area contributed by atoms with Gasteiger partial charge in [-0.25, -0.2) is 0 Å². The standard InChI is InChI=1S/C15H20/c1-13(2)15(11-7-4-8-12-15)14-9-5-3-6-10-14/h3,5-7,9-11,13H,4,8,12H2,1-2H3. The summed E-state index contributed by atoms with van der Waals surface area (Å²) in [5.74, 6) is 0.677. The third kappa shape index (κ3) is 1.86. The summed E-state index contributed by atoms with van der Waals surface area (Å²) in [5.41, 5.74) is 1.77. The van der Waals surface area contributed by atoms with Crippen molar-refractivity contribution in [3.8, 4) is 0 Å². The topological polar surface area (TPSA) is 0 Å². The summed E-state index contributed by atoms with van der Waals surface area (Å²) < 4.78 is 0. The van der Waals surface area contributed by atoms with Gasteiger partial charge in [0.1, 0.15) is 0 Å². The molecule has 0 saturated carbocycles. The first kappa shape index (κ1) is 10.5. The molecule has 0 saturated heterocycles.